The van der Waals surface area contributed by atoms with Gasteiger partial charge in [0, 0.05) is 6.07 Å². The van der Waals surface area contributed by atoms with Gasteiger partial charge in [-0.25, -0.2) is 4.68 Å². The van der Waals surface area contributed by atoms with Gasteiger partial charge in [-0.2, -0.15) is 5.10 Å². The van der Waals surface area contributed by atoms with E-state index in [2.05, 4.69) is 5.10 Å². The molecule has 0 aliphatic carbocycles. The molecule has 6 heteroatoms. The van der Waals surface area contributed by atoms with Crippen molar-refractivity contribution in [3.8, 4) is 11.6 Å². The number of nitrogens with zero attached hydrogens (tertiary/aromatic N) is 2. The molecule has 0 atom stereocenters. The Kier molecular flexibility index (Phi) is 3.19. The minimum atomic E-state index is -2.43. The first kappa shape index (κ1) is 11.1. The molecule has 1 aromatic heterocycles. The van der Waals surface area contributed by atoms with Crippen LogP contribution in [0.3, 0.4) is 0 Å². The van der Waals surface area contributed by atoms with E-state index in [1.54, 1.807) is 6.07 Å². The summed E-state index contributed by atoms with van der Waals surface area (Å²) >= 11 is 0. The molecule has 0 aliphatic heterocycles. The smallest absolute Gasteiger partial charge is 0.392 e. The Bertz CT molecular complexity index is 470. The molecule has 0 saturated carbocycles. The maximum atomic E-state index is 8.84. The first-order chi connectivity index (χ1) is 7.66. The summed E-state index contributed by atoms with van der Waals surface area (Å²) in [5.74, 6) is 0.319. The van der Waals surface area contributed by atoms with Crippen molar-refractivity contribution in [2.75, 3.05) is 0 Å². The van der Waals surface area contributed by atoms with E-state index in [4.69, 9.17) is 14.3 Å². The molecule has 0 bridgehead atoms. The minimum absolute atomic E-state index is 0.319. The fraction of sp³-hybridized carbons (Fsp3) is 0.100. The van der Waals surface area contributed by atoms with E-state index in [9.17, 15) is 0 Å². The Morgan fingerprint density at radius 1 is 1.25 bits per heavy atom. The van der Waals surface area contributed by atoms with Crippen molar-refractivity contribution < 1.29 is 14.3 Å². The van der Waals surface area contributed by atoms with Crippen LogP contribution in [0, 0.1) is 6.92 Å². The average Bonchev–Trinajstić information content (AvgIpc) is 2.60. The van der Waals surface area contributed by atoms with Gasteiger partial charge >= 0.3 is 8.60 Å². The molecule has 0 spiro atoms. The van der Waals surface area contributed by atoms with Gasteiger partial charge in [0.05, 0.1) is 11.4 Å². The van der Waals surface area contributed by atoms with E-state index in [0.29, 0.717) is 5.88 Å². The number of benzene rings is 1. The summed E-state index contributed by atoms with van der Waals surface area (Å²) < 4.78 is 6.42. The quantitative estimate of drug-likeness (QED) is 0.799. The van der Waals surface area contributed by atoms with Crippen LogP contribution in [0.5, 0.6) is 5.88 Å². The normalized spacial score (nSPS) is 10.8. The van der Waals surface area contributed by atoms with Gasteiger partial charge in [-0.1, -0.05) is 18.2 Å². The highest BCUT2D eigenvalue weighted by molar-refractivity contribution is 7.39. The monoisotopic (exact) mass is 238 g/mol. The van der Waals surface area contributed by atoms with Crippen LogP contribution in [0.4, 0.5) is 0 Å². The number of aryl methyl sites for hydroxylation is 1. The van der Waals surface area contributed by atoms with Gasteiger partial charge in [0.25, 0.3) is 0 Å². The van der Waals surface area contributed by atoms with Gasteiger partial charge in [-0.05, 0) is 19.1 Å². The van der Waals surface area contributed by atoms with E-state index in [-0.39, 0.29) is 0 Å². The Morgan fingerprint density at radius 2 is 1.94 bits per heavy atom. The van der Waals surface area contributed by atoms with Crippen molar-refractivity contribution in [2.45, 2.75) is 6.92 Å². The van der Waals surface area contributed by atoms with Crippen molar-refractivity contribution in [3.05, 3.63) is 42.1 Å². The fourth-order valence-corrected chi connectivity index (χ4v) is 1.68. The largest absolute Gasteiger partial charge is 0.408 e. The number of aromatic nitrogens is 2. The second-order valence-electron chi connectivity index (χ2n) is 3.22. The molecule has 1 aromatic carbocycles. The highest BCUT2D eigenvalue weighted by atomic mass is 31.2. The van der Waals surface area contributed by atoms with E-state index in [1.807, 2.05) is 37.3 Å². The van der Waals surface area contributed by atoms with Crippen LogP contribution < -0.4 is 4.52 Å². The topological polar surface area (TPSA) is 67.5 Å². The first-order valence-electron chi connectivity index (χ1n) is 4.65. The Hall–Kier alpha value is -1.42. The van der Waals surface area contributed by atoms with Crippen molar-refractivity contribution in [1.82, 2.24) is 9.78 Å². The van der Waals surface area contributed by atoms with Gasteiger partial charge < -0.3 is 14.3 Å². The van der Waals surface area contributed by atoms with Crippen LogP contribution in [0.1, 0.15) is 5.69 Å². The Balaban J connectivity index is 2.40. The Morgan fingerprint density at radius 3 is 2.56 bits per heavy atom. The van der Waals surface area contributed by atoms with Crippen molar-refractivity contribution in [2.24, 2.45) is 0 Å². The van der Waals surface area contributed by atoms with Crippen molar-refractivity contribution in [3.63, 3.8) is 0 Å². The van der Waals surface area contributed by atoms with Crippen LogP contribution >= 0.6 is 8.60 Å². The van der Waals surface area contributed by atoms with E-state index in [0.717, 1.165) is 11.4 Å². The zero-order valence-corrected chi connectivity index (χ0v) is 9.50. The van der Waals surface area contributed by atoms with Crippen LogP contribution in [0.15, 0.2) is 36.4 Å². The van der Waals surface area contributed by atoms with E-state index < -0.39 is 8.60 Å². The molecular formula is C10H11N2O3P. The minimum Gasteiger partial charge on any atom is -0.408 e. The van der Waals surface area contributed by atoms with Crippen molar-refractivity contribution >= 4 is 8.60 Å². The zero-order valence-electron chi connectivity index (χ0n) is 8.61. The number of para-hydroxylation sites is 1. The summed E-state index contributed by atoms with van der Waals surface area (Å²) in [7, 11) is -2.43. The summed E-state index contributed by atoms with van der Waals surface area (Å²) in [4.78, 5) is 17.7. The summed E-state index contributed by atoms with van der Waals surface area (Å²) in [5.41, 5.74) is 1.55. The Labute approximate surface area is 93.9 Å². The zero-order chi connectivity index (χ0) is 11.5. The standard InChI is InChI=1S/C10H11N2O3P/c1-8-7-10(15-16(13)14)12(11-8)9-5-3-2-4-6-9/h2-7,13-14H,1H3. The molecule has 2 aromatic rings. The lowest BCUT2D eigenvalue weighted by atomic mass is 10.3. The lowest BCUT2D eigenvalue weighted by Crippen LogP contribution is -1.99. The maximum absolute atomic E-state index is 8.84. The number of hydrogen-bond donors (Lipinski definition) is 2. The van der Waals surface area contributed by atoms with Crippen LogP contribution in [0.2, 0.25) is 0 Å². The molecule has 1 heterocycles. The predicted molar refractivity (Wildman–Crippen MR) is 60.3 cm³/mol. The molecule has 2 rings (SSSR count). The highest BCUT2D eigenvalue weighted by Gasteiger charge is 2.12. The summed E-state index contributed by atoms with van der Waals surface area (Å²) in [6, 6.07) is 11.0. The van der Waals surface area contributed by atoms with Crippen LogP contribution in [-0.4, -0.2) is 19.6 Å². The SMILES string of the molecule is Cc1cc(OP(O)O)n(-c2ccccc2)n1. The third-order valence-corrected chi connectivity index (χ3v) is 2.33. The lowest BCUT2D eigenvalue weighted by Gasteiger charge is -2.08. The molecule has 0 saturated heterocycles. The molecule has 84 valence electrons. The van der Waals surface area contributed by atoms with E-state index in [1.165, 1.54) is 4.68 Å². The average molecular weight is 238 g/mol. The lowest BCUT2D eigenvalue weighted by molar-refractivity contribution is 0.363. The molecule has 0 unspecified atom stereocenters. The molecular weight excluding hydrogens is 227 g/mol. The number of hydrogen-bond acceptors (Lipinski definition) is 4. The first-order valence-corrected chi connectivity index (χ1v) is 5.81. The molecule has 0 radical (unpaired) electrons. The number of rotatable bonds is 3. The second-order valence-corrected chi connectivity index (χ2v) is 3.90. The third kappa shape index (κ3) is 2.39. The van der Waals surface area contributed by atoms with Gasteiger partial charge in [-0.3, -0.25) is 0 Å². The van der Waals surface area contributed by atoms with Gasteiger partial charge in [-0.15, -0.1) is 0 Å². The van der Waals surface area contributed by atoms with E-state index >= 15 is 0 Å². The van der Waals surface area contributed by atoms with Gasteiger partial charge in [0.2, 0.25) is 5.88 Å². The molecule has 2 N–H and O–H groups in total. The second kappa shape index (κ2) is 4.61. The molecule has 5 nitrogen and oxygen atoms in total. The summed E-state index contributed by atoms with van der Waals surface area (Å²) in [5, 5.41) is 4.21. The highest BCUT2D eigenvalue weighted by Crippen LogP contribution is 2.30. The van der Waals surface area contributed by atoms with Gasteiger partial charge in [0.15, 0.2) is 0 Å². The molecule has 0 amide bonds. The fourth-order valence-electron chi connectivity index (χ4n) is 1.38. The summed E-state index contributed by atoms with van der Waals surface area (Å²) in [6.07, 6.45) is 0. The maximum Gasteiger partial charge on any atom is 0.392 e. The van der Waals surface area contributed by atoms with Crippen molar-refractivity contribution in [1.29, 1.82) is 0 Å². The van der Waals surface area contributed by atoms with Crippen LogP contribution in [-0.2, 0) is 0 Å². The molecule has 0 fully saturated rings. The third-order valence-electron chi connectivity index (χ3n) is 1.97. The predicted octanol–water partition coefficient (Wildman–Crippen LogP) is 1.77. The van der Waals surface area contributed by atoms with Gasteiger partial charge in [0.1, 0.15) is 0 Å². The molecule has 16 heavy (non-hydrogen) atoms. The summed E-state index contributed by atoms with van der Waals surface area (Å²) in [6.45, 7) is 1.81. The van der Waals surface area contributed by atoms with Crippen LogP contribution in [0.25, 0.3) is 5.69 Å². The molecule has 0 aliphatic rings.